The van der Waals surface area contributed by atoms with Crippen LogP contribution in [0.2, 0.25) is 25.7 Å². The Morgan fingerprint density at radius 1 is 1.24 bits per heavy atom. The van der Waals surface area contributed by atoms with Crippen LogP contribution in [0.3, 0.4) is 0 Å². The molecule has 0 heterocycles. The number of hydrogen-bond donors (Lipinski definition) is 1. The predicted octanol–water partition coefficient (Wildman–Crippen LogP) is 5.54. The maximum absolute atomic E-state index is 13.0. The van der Waals surface area contributed by atoms with E-state index in [1.54, 1.807) is 12.1 Å². The summed E-state index contributed by atoms with van der Waals surface area (Å²) in [6, 6.07) is 9.65. The summed E-state index contributed by atoms with van der Waals surface area (Å²) in [4.78, 5) is 13.0. The third-order valence-corrected chi connectivity index (χ3v) is 7.55. The molecule has 1 N–H and O–H groups in total. The zero-order valence-electron chi connectivity index (χ0n) is 18.5. The van der Waals surface area contributed by atoms with Crippen molar-refractivity contribution in [1.82, 2.24) is 4.72 Å². The lowest BCUT2D eigenvalue weighted by atomic mass is 9.95. The minimum atomic E-state index is -1.31. The summed E-state index contributed by atoms with van der Waals surface area (Å²) in [6.45, 7) is 12.6. The molecule has 0 aliphatic carbocycles. The summed E-state index contributed by atoms with van der Waals surface area (Å²) in [7, 11) is -2.59. The molecule has 0 fully saturated rings. The van der Waals surface area contributed by atoms with E-state index in [1.165, 1.54) is 0 Å². The van der Waals surface area contributed by atoms with Gasteiger partial charge in [-0.2, -0.15) is 0 Å². The number of allylic oxidation sites excluding steroid dienone is 1. The molecule has 0 saturated carbocycles. The number of para-hydroxylation sites is 1. The number of carbonyl (C=O) groups excluding carboxylic acids is 1. The summed E-state index contributed by atoms with van der Waals surface area (Å²) in [6.07, 6.45) is 5.35. The first-order valence-corrected chi connectivity index (χ1v) is 15.5. The highest BCUT2D eigenvalue weighted by molar-refractivity contribution is 7.84. The molecule has 0 spiro atoms. The van der Waals surface area contributed by atoms with Crippen molar-refractivity contribution in [2.24, 2.45) is 5.92 Å². The Bertz CT molecular complexity index is 684. The molecule has 7 heteroatoms. The molecule has 1 unspecified atom stereocenters. The summed E-state index contributed by atoms with van der Waals surface area (Å²) in [5.74, 6) is 0.165. The molecule has 4 nitrogen and oxygen atoms in total. The molecular weight excluding hydrogens is 422 g/mol. The number of esters is 1. The summed E-state index contributed by atoms with van der Waals surface area (Å²) < 4.78 is 21.2. The van der Waals surface area contributed by atoms with E-state index in [-0.39, 0.29) is 12.0 Å². The van der Waals surface area contributed by atoms with E-state index < -0.39 is 29.7 Å². The van der Waals surface area contributed by atoms with Crippen LogP contribution in [0.1, 0.15) is 33.6 Å². The van der Waals surface area contributed by atoms with Crippen molar-refractivity contribution in [3.63, 3.8) is 0 Å². The van der Waals surface area contributed by atoms with Crippen LogP contribution in [0.5, 0.6) is 5.75 Å². The van der Waals surface area contributed by atoms with E-state index in [2.05, 4.69) is 30.4 Å². The largest absolute Gasteiger partial charge is 0.426 e. The average Bonchev–Trinajstić information content (AvgIpc) is 2.60. The summed E-state index contributed by atoms with van der Waals surface area (Å²) >= 11 is 5.91. The Morgan fingerprint density at radius 3 is 2.38 bits per heavy atom. The molecule has 1 aromatic rings. The maximum atomic E-state index is 13.0. The highest BCUT2D eigenvalue weighted by atomic mass is 35.5. The summed E-state index contributed by atoms with van der Waals surface area (Å²) in [5, 5.41) is 0. The Morgan fingerprint density at radius 2 is 1.86 bits per heavy atom. The lowest BCUT2D eigenvalue weighted by Crippen LogP contribution is -2.45. The van der Waals surface area contributed by atoms with Gasteiger partial charge >= 0.3 is 5.97 Å². The second-order valence-electron chi connectivity index (χ2n) is 9.39. The van der Waals surface area contributed by atoms with Gasteiger partial charge in [-0.25, -0.2) is 8.93 Å². The van der Waals surface area contributed by atoms with Gasteiger partial charge in [-0.05, 0) is 51.8 Å². The Kier molecular flexibility index (Phi) is 10.8. The molecule has 29 heavy (non-hydrogen) atoms. The first-order valence-electron chi connectivity index (χ1n) is 10.1. The normalized spacial score (nSPS) is 15.8. The van der Waals surface area contributed by atoms with Gasteiger partial charge in [0.25, 0.3) is 0 Å². The minimum Gasteiger partial charge on any atom is -0.426 e. The van der Waals surface area contributed by atoms with Gasteiger partial charge < -0.3 is 4.74 Å². The van der Waals surface area contributed by atoms with Gasteiger partial charge in [0.15, 0.2) is 0 Å². The van der Waals surface area contributed by atoms with E-state index in [0.29, 0.717) is 24.5 Å². The zero-order valence-corrected chi connectivity index (χ0v) is 21.1. The lowest BCUT2D eigenvalue weighted by Gasteiger charge is -2.27. The molecule has 0 aliphatic heterocycles. The van der Waals surface area contributed by atoms with Crippen LogP contribution in [0.25, 0.3) is 0 Å². The second kappa shape index (κ2) is 12.0. The zero-order chi connectivity index (χ0) is 22.1. The van der Waals surface area contributed by atoms with Gasteiger partial charge in [0.05, 0.1) is 27.7 Å². The van der Waals surface area contributed by atoms with Gasteiger partial charge in [0, 0.05) is 14.0 Å². The monoisotopic (exact) mass is 457 g/mol. The average molecular weight is 458 g/mol. The third-order valence-electron chi connectivity index (χ3n) is 4.22. The molecule has 0 aromatic heterocycles. The molecule has 164 valence electrons. The van der Waals surface area contributed by atoms with E-state index in [4.69, 9.17) is 16.3 Å². The fourth-order valence-corrected chi connectivity index (χ4v) is 4.39. The molecular formula is C22H36ClNO3SSi. The number of halogens is 1. The van der Waals surface area contributed by atoms with E-state index in [9.17, 15) is 9.00 Å². The maximum Gasteiger partial charge on any atom is 0.316 e. The van der Waals surface area contributed by atoms with Crippen molar-refractivity contribution in [3.05, 3.63) is 42.5 Å². The topological polar surface area (TPSA) is 55.4 Å². The van der Waals surface area contributed by atoms with Gasteiger partial charge in [0.1, 0.15) is 5.75 Å². The first kappa shape index (κ1) is 26.1. The van der Waals surface area contributed by atoms with Crippen molar-refractivity contribution < 1.29 is 13.7 Å². The van der Waals surface area contributed by atoms with Crippen molar-refractivity contribution in [2.75, 3.05) is 5.88 Å². The van der Waals surface area contributed by atoms with Crippen molar-refractivity contribution >= 4 is 36.6 Å². The van der Waals surface area contributed by atoms with Crippen molar-refractivity contribution in [3.8, 4) is 5.75 Å². The molecule has 3 atom stereocenters. The predicted molar refractivity (Wildman–Crippen MR) is 128 cm³/mol. The number of benzene rings is 1. The number of carbonyl (C=O) groups is 1. The van der Waals surface area contributed by atoms with Gasteiger partial charge in [-0.3, -0.25) is 4.79 Å². The van der Waals surface area contributed by atoms with Gasteiger partial charge in [-0.1, -0.05) is 50.0 Å². The van der Waals surface area contributed by atoms with Gasteiger partial charge in [-0.15, -0.1) is 11.6 Å². The molecule has 0 bridgehead atoms. The Balaban J connectivity index is 3.11. The molecule has 1 aromatic carbocycles. The molecule has 0 saturated heterocycles. The van der Waals surface area contributed by atoms with Crippen LogP contribution in [0.4, 0.5) is 0 Å². The number of rotatable bonds is 11. The number of alkyl halides is 1. The van der Waals surface area contributed by atoms with Crippen LogP contribution >= 0.6 is 11.6 Å². The minimum absolute atomic E-state index is 0.331. The van der Waals surface area contributed by atoms with E-state index in [1.807, 2.05) is 45.0 Å². The molecule has 1 rings (SSSR count). The number of hydrogen-bond acceptors (Lipinski definition) is 3. The quantitative estimate of drug-likeness (QED) is 0.156. The number of ether oxygens (including phenoxy) is 1. The van der Waals surface area contributed by atoms with E-state index >= 15 is 0 Å². The van der Waals surface area contributed by atoms with Crippen LogP contribution < -0.4 is 9.46 Å². The lowest BCUT2D eigenvalue weighted by molar-refractivity contribution is -0.139. The van der Waals surface area contributed by atoms with E-state index in [0.717, 1.165) is 6.04 Å². The SMILES string of the molecule is CC(C)(C)S(=O)N[C@@H](/C=C/C[Si](C)(C)C)[C@@H](CCCCl)C(=O)Oc1ccccc1. The molecule has 0 radical (unpaired) electrons. The Labute approximate surface area is 185 Å². The second-order valence-corrected chi connectivity index (χ2v) is 17.3. The molecule has 0 amide bonds. The first-order chi connectivity index (χ1) is 13.4. The fourth-order valence-electron chi connectivity index (χ4n) is 2.55. The highest BCUT2D eigenvalue weighted by Crippen LogP contribution is 2.22. The smallest absolute Gasteiger partial charge is 0.316 e. The molecule has 0 aliphatic rings. The van der Waals surface area contributed by atoms with Gasteiger partial charge in [0.2, 0.25) is 0 Å². The number of nitrogens with one attached hydrogen (secondary N) is 1. The van der Waals surface area contributed by atoms with Crippen LogP contribution in [-0.2, 0) is 15.8 Å². The highest BCUT2D eigenvalue weighted by Gasteiger charge is 2.32. The standard InChI is InChI=1S/C22H36ClNO3SSi/c1-22(2,3)28(26)24-20(15-11-17-29(4,5)6)19(14-10-16-23)21(25)27-18-12-8-7-9-13-18/h7-9,11-13,15,19-20,24H,10,14,16-17H2,1-6H3/b15-11+/t19-,20+,28?/m1/s1. The van der Waals surface area contributed by atoms with Crippen LogP contribution in [-0.4, -0.2) is 34.9 Å². The van der Waals surface area contributed by atoms with Crippen LogP contribution in [0.15, 0.2) is 42.5 Å². The van der Waals surface area contributed by atoms with Crippen molar-refractivity contribution in [2.45, 2.75) is 70.1 Å². The Hall–Kier alpha value is -0.953. The fraction of sp³-hybridized carbons (Fsp3) is 0.591. The van der Waals surface area contributed by atoms with Crippen LogP contribution in [0, 0.1) is 5.92 Å². The van der Waals surface area contributed by atoms with Crippen molar-refractivity contribution in [1.29, 1.82) is 0 Å². The summed E-state index contributed by atoms with van der Waals surface area (Å²) in [5.41, 5.74) is 0. The third kappa shape index (κ3) is 10.6.